The van der Waals surface area contributed by atoms with Gasteiger partial charge < -0.3 is 9.32 Å². The summed E-state index contributed by atoms with van der Waals surface area (Å²) in [6, 6.07) is 2.75. The maximum absolute atomic E-state index is 10.5. The Hall–Kier alpha value is -1.96. The first kappa shape index (κ1) is 16.1. The van der Waals surface area contributed by atoms with Gasteiger partial charge >= 0.3 is 5.88 Å². The third kappa shape index (κ3) is 4.96. The molecule has 110 valence electrons. The van der Waals surface area contributed by atoms with Gasteiger partial charge in [0.2, 0.25) is 0 Å². The van der Waals surface area contributed by atoms with Crippen molar-refractivity contribution in [1.29, 1.82) is 0 Å². The number of nitrogens with one attached hydrogen (secondary N) is 1. The van der Waals surface area contributed by atoms with Gasteiger partial charge in [-0.3, -0.25) is 15.5 Å². The SMILES string of the molecule is CCCN(CCC)C(=S)N/N=C\c1ccc([N+](=O)[O-])o1. The molecule has 0 saturated carbocycles. The lowest BCUT2D eigenvalue weighted by atomic mass is 10.4. The van der Waals surface area contributed by atoms with Crippen LogP contribution in [0.15, 0.2) is 21.7 Å². The molecule has 8 heteroatoms. The van der Waals surface area contributed by atoms with Gasteiger partial charge in [0.25, 0.3) is 0 Å². The number of hydrazone groups is 1. The highest BCUT2D eigenvalue weighted by Gasteiger charge is 2.10. The van der Waals surface area contributed by atoms with Gasteiger partial charge in [0.05, 0.1) is 12.3 Å². The second-order valence-electron chi connectivity index (χ2n) is 4.10. The van der Waals surface area contributed by atoms with Crippen molar-refractivity contribution in [3.8, 4) is 0 Å². The van der Waals surface area contributed by atoms with E-state index < -0.39 is 4.92 Å². The van der Waals surface area contributed by atoms with Crippen molar-refractivity contribution in [2.45, 2.75) is 26.7 Å². The summed E-state index contributed by atoms with van der Waals surface area (Å²) in [5, 5.41) is 14.9. The van der Waals surface area contributed by atoms with Gasteiger partial charge in [-0.05, 0) is 31.1 Å². The molecule has 1 heterocycles. The van der Waals surface area contributed by atoms with Crippen molar-refractivity contribution in [2.75, 3.05) is 13.1 Å². The molecule has 0 spiro atoms. The second-order valence-corrected chi connectivity index (χ2v) is 4.48. The highest BCUT2D eigenvalue weighted by Crippen LogP contribution is 2.13. The Balaban J connectivity index is 2.53. The molecule has 1 rings (SSSR count). The monoisotopic (exact) mass is 298 g/mol. The summed E-state index contributed by atoms with van der Waals surface area (Å²) < 4.78 is 4.94. The topological polar surface area (TPSA) is 83.9 Å². The molecule has 0 saturated heterocycles. The third-order valence-electron chi connectivity index (χ3n) is 2.42. The third-order valence-corrected chi connectivity index (χ3v) is 2.77. The van der Waals surface area contributed by atoms with Gasteiger partial charge in [-0.25, -0.2) is 0 Å². The number of nitro groups is 1. The van der Waals surface area contributed by atoms with E-state index in [9.17, 15) is 10.1 Å². The molecule has 0 aromatic carbocycles. The van der Waals surface area contributed by atoms with Crippen molar-refractivity contribution < 1.29 is 9.34 Å². The zero-order chi connectivity index (χ0) is 15.0. The molecule has 7 nitrogen and oxygen atoms in total. The van der Waals surface area contributed by atoms with E-state index in [4.69, 9.17) is 16.6 Å². The lowest BCUT2D eigenvalue weighted by Crippen LogP contribution is -2.38. The summed E-state index contributed by atoms with van der Waals surface area (Å²) in [6.07, 6.45) is 3.35. The Morgan fingerprint density at radius 2 is 2.15 bits per heavy atom. The number of nitrogens with zero attached hydrogens (tertiary/aromatic N) is 3. The smallest absolute Gasteiger partial charge is 0.400 e. The van der Waals surface area contributed by atoms with Crippen LogP contribution in [-0.2, 0) is 0 Å². The maximum Gasteiger partial charge on any atom is 0.433 e. The van der Waals surface area contributed by atoms with Crippen molar-refractivity contribution in [2.24, 2.45) is 5.10 Å². The zero-order valence-electron chi connectivity index (χ0n) is 11.5. The minimum Gasteiger partial charge on any atom is -0.400 e. The Kier molecular flexibility index (Phi) is 6.65. The lowest BCUT2D eigenvalue weighted by molar-refractivity contribution is -0.402. The van der Waals surface area contributed by atoms with E-state index in [1.54, 1.807) is 0 Å². The van der Waals surface area contributed by atoms with E-state index in [0.717, 1.165) is 25.9 Å². The van der Waals surface area contributed by atoms with Gasteiger partial charge in [0.1, 0.15) is 4.92 Å². The molecule has 0 aliphatic heterocycles. The van der Waals surface area contributed by atoms with Gasteiger partial charge in [0, 0.05) is 13.1 Å². The first-order chi connectivity index (χ1) is 9.58. The summed E-state index contributed by atoms with van der Waals surface area (Å²) in [6.45, 7) is 5.88. The standard InChI is InChI=1S/C12H18N4O3S/c1-3-7-15(8-4-2)12(20)14-13-9-10-5-6-11(19-10)16(17)18/h5-6,9H,3-4,7-8H2,1-2H3,(H,14,20)/b13-9-. The normalized spacial score (nSPS) is 10.7. The molecular weight excluding hydrogens is 280 g/mol. The van der Waals surface area contributed by atoms with Gasteiger partial charge in [-0.2, -0.15) is 5.10 Å². The number of thiocarbonyl (C=S) groups is 1. The summed E-state index contributed by atoms with van der Waals surface area (Å²) in [4.78, 5) is 11.9. The predicted molar refractivity (Wildman–Crippen MR) is 80.8 cm³/mol. The molecular formula is C12H18N4O3S. The molecule has 0 aliphatic carbocycles. The van der Waals surface area contributed by atoms with Crippen LogP contribution in [0.25, 0.3) is 0 Å². The summed E-state index contributed by atoms with van der Waals surface area (Å²) in [7, 11) is 0. The average Bonchev–Trinajstić information content (AvgIpc) is 2.87. The fourth-order valence-electron chi connectivity index (χ4n) is 1.59. The first-order valence-corrected chi connectivity index (χ1v) is 6.81. The fraction of sp³-hybridized carbons (Fsp3) is 0.500. The average molecular weight is 298 g/mol. The van der Waals surface area contributed by atoms with E-state index >= 15 is 0 Å². The Bertz CT molecular complexity index is 481. The van der Waals surface area contributed by atoms with E-state index in [2.05, 4.69) is 24.4 Å². The number of hydrogen-bond donors (Lipinski definition) is 1. The van der Waals surface area contributed by atoms with Crippen LogP contribution in [0.4, 0.5) is 5.88 Å². The lowest BCUT2D eigenvalue weighted by Gasteiger charge is -2.23. The molecule has 20 heavy (non-hydrogen) atoms. The van der Waals surface area contributed by atoms with Gasteiger partial charge in [-0.15, -0.1) is 0 Å². The van der Waals surface area contributed by atoms with Crippen LogP contribution in [0.3, 0.4) is 0 Å². The molecule has 0 radical (unpaired) electrons. The van der Waals surface area contributed by atoms with Crippen molar-refractivity contribution in [3.05, 3.63) is 28.0 Å². The zero-order valence-corrected chi connectivity index (χ0v) is 12.4. The largest absolute Gasteiger partial charge is 0.433 e. The number of rotatable bonds is 7. The van der Waals surface area contributed by atoms with Crippen LogP contribution in [0, 0.1) is 10.1 Å². The minimum atomic E-state index is -0.598. The van der Waals surface area contributed by atoms with Gasteiger partial charge in [0.15, 0.2) is 10.9 Å². The highest BCUT2D eigenvalue weighted by molar-refractivity contribution is 7.80. The molecule has 0 atom stereocenters. The van der Waals surface area contributed by atoms with Crippen molar-refractivity contribution in [1.82, 2.24) is 10.3 Å². The molecule has 1 N–H and O–H groups in total. The van der Waals surface area contributed by atoms with Crippen LogP contribution >= 0.6 is 12.2 Å². The summed E-state index contributed by atoms with van der Waals surface area (Å²) in [5.74, 6) is -0.0165. The van der Waals surface area contributed by atoms with E-state index in [1.807, 2.05) is 4.90 Å². The van der Waals surface area contributed by atoms with Crippen LogP contribution < -0.4 is 5.43 Å². The van der Waals surface area contributed by atoms with Gasteiger partial charge in [-0.1, -0.05) is 13.8 Å². The quantitative estimate of drug-likeness (QED) is 0.360. The van der Waals surface area contributed by atoms with Crippen molar-refractivity contribution in [3.63, 3.8) is 0 Å². The predicted octanol–water partition coefficient (Wildman–Crippen LogP) is 2.52. The summed E-state index contributed by atoms with van der Waals surface area (Å²) >= 11 is 5.23. The Morgan fingerprint density at radius 3 is 2.65 bits per heavy atom. The Morgan fingerprint density at radius 1 is 1.50 bits per heavy atom. The molecule has 1 aromatic rings. The van der Waals surface area contributed by atoms with Crippen LogP contribution in [0.2, 0.25) is 0 Å². The minimum absolute atomic E-state index is 0.296. The molecule has 0 bridgehead atoms. The van der Waals surface area contributed by atoms with Crippen LogP contribution in [-0.4, -0.2) is 34.2 Å². The number of hydrogen-bond acceptors (Lipinski definition) is 5. The van der Waals surface area contributed by atoms with E-state index in [-0.39, 0.29) is 5.88 Å². The van der Waals surface area contributed by atoms with E-state index in [1.165, 1.54) is 18.3 Å². The molecule has 0 fully saturated rings. The fourth-order valence-corrected chi connectivity index (χ4v) is 1.82. The van der Waals surface area contributed by atoms with E-state index in [0.29, 0.717) is 10.9 Å². The maximum atomic E-state index is 10.5. The number of furan rings is 1. The highest BCUT2D eigenvalue weighted by atomic mass is 32.1. The Labute approximate surface area is 122 Å². The van der Waals surface area contributed by atoms with Crippen LogP contribution in [0.1, 0.15) is 32.4 Å². The first-order valence-electron chi connectivity index (χ1n) is 6.40. The second kappa shape index (κ2) is 8.26. The molecule has 0 unspecified atom stereocenters. The molecule has 0 amide bonds. The molecule has 0 aliphatic rings. The molecule has 1 aromatic heterocycles. The summed E-state index contributed by atoms with van der Waals surface area (Å²) in [5.41, 5.74) is 2.74. The van der Waals surface area contributed by atoms with Crippen molar-refractivity contribution >= 4 is 29.4 Å². The van der Waals surface area contributed by atoms with Crippen LogP contribution in [0.5, 0.6) is 0 Å².